The summed E-state index contributed by atoms with van der Waals surface area (Å²) in [7, 11) is 1.65. The van der Waals surface area contributed by atoms with Crippen LogP contribution in [0, 0.1) is 23.7 Å². The van der Waals surface area contributed by atoms with Gasteiger partial charge in [-0.05, 0) is 55.4 Å². The molecule has 1 aromatic rings. The summed E-state index contributed by atoms with van der Waals surface area (Å²) in [6.07, 6.45) is 2.90. The normalized spacial score (nSPS) is 30.5. The van der Waals surface area contributed by atoms with Gasteiger partial charge in [0.05, 0.1) is 18.9 Å². The first-order valence-electron chi connectivity index (χ1n) is 9.49. The zero-order valence-corrected chi connectivity index (χ0v) is 15.1. The number of hydrogen-bond acceptors (Lipinski definition) is 4. The topological polar surface area (TPSA) is 70.1 Å². The lowest BCUT2D eigenvalue weighted by Crippen LogP contribution is -2.52. The first kappa shape index (κ1) is 17.2. The number of methoxy groups -OCH3 is 1. The van der Waals surface area contributed by atoms with Gasteiger partial charge in [0.1, 0.15) is 5.75 Å². The summed E-state index contributed by atoms with van der Waals surface area (Å²) in [6.45, 7) is 2.86. The Kier molecular flexibility index (Phi) is 4.51. The lowest BCUT2D eigenvalue weighted by atomic mass is 9.78. The number of carboxylic acid groups (broad SMARTS) is 1. The van der Waals surface area contributed by atoms with Gasteiger partial charge in [-0.1, -0.05) is 0 Å². The van der Waals surface area contributed by atoms with Crippen molar-refractivity contribution in [3.8, 4) is 5.75 Å². The predicted octanol–water partition coefficient (Wildman–Crippen LogP) is 2.09. The third-order valence-electron chi connectivity index (χ3n) is 6.52. The number of rotatable bonds is 4. The van der Waals surface area contributed by atoms with E-state index in [1.165, 1.54) is 0 Å². The third kappa shape index (κ3) is 2.91. The van der Waals surface area contributed by atoms with Crippen LogP contribution in [0.4, 0.5) is 5.69 Å². The van der Waals surface area contributed by atoms with Crippen molar-refractivity contribution in [1.29, 1.82) is 0 Å². The van der Waals surface area contributed by atoms with E-state index in [0.717, 1.165) is 43.8 Å². The van der Waals surface area contributed by atoms with Crippen LogP contribution in [0.5, 0.6) is 5.75 Å². The fourth-order valence-corrected chi connectivity index (χ4v) is 5.19. The van der Waals surface area contributed by atoms with Crippen molar-refractivity contribution >= 4 is 17.6 Å². The van der Waals surface area contributed by atoms with Crippen LogP contribution in [0.2, 0.25) is 0 Å². The van der Waals surface area contributed by atoms with Gasteiger partial charge in [0.2, 0.25) is 5.91 Å². The van der Waals surface area contributed by atoms with Crippen molar-refractivity contribution < 1.29 is 19.4 Å². The highest BCUT2D eigenvalue weighted by Gasteiger charge is 2.54. The molecular formula is C20H26N2O4. The van der Waals surface area contributed by atoms with Gasteiger partial charge in [-0.25, -0.2) is 0 Å². The van der Waals surface area contributed by atoms with Crippen molar-refractivity contribution in [2.24, 2.45) is 23.7 Å². The van der Waals surface area contributed by atoms with Crippen LogP contribution in [0.1, 0.15) is 19.3 Å². The lowest BCUT2D eigenvalue weighted by molar-refractivity contribution is -0.153. The molecule has 3 fully saturated rings. The maximum absolute atomic E-state index is 13.1. The Labute approximate surface area is 153 Å². The Hall–Kier alpha value is -2.24. The third-order valence-corrected chi connectivity index (χ3v) is 6.52. The highest BCUT2D eigenvalue weighted by Crippen LogP contribution is 2.53. The Morgan fingerprint density at radius 1 is 1.00 bits per heavy atom. The zero-order chi connectivity index (χ0) is 18.3. The Morgan fingerprint density at radius 3 is 2.19 bits per heavy atom. The highest BCUT2D eigenvalue weighted by atomic mass is 16.5. The second kappa shape index (κ2) is 6.82. The molecule has 2 saturated carbocycles. The minimum absolute atomic E-state index is 0.0685. The number of ether oxygens (including phenoxy) is 1. The number of carbonyl (C=O) groups is 2. The number of piperazine rings is 1. The average Bonchev–Trinajstić information content (AvgIpc) is 3.29. The molecule has 4 atom stereocenters. The van der Waals surface area contributed by atoms with E-state index in [9.17, 15) is 14.7 Å². The molecule has 26 heavy (non-hydrogen) atoms. The largest absolute Gasteiger partial charge is 0.497 e. The molecule has 0 unspecified atom stereocenters. The summed E-state index contributed by atoms with van der Waals surface area (Å²) in [5, 5.41) is 9.60. The minimum Gasteiger partial charge on any atom is -0.497 e. The van der Waals surface area contributed by atoms with Gasteiger partial charge >= 0.3 is 5.97 Å². The monoisotopic (exact) mass is 358 g/mol. The summed E-state index contributed by atoms with van der Waals surface area (Å²) in [6, 6.07) is 7.96. The summed E-state index contributed by atoms with van der Waals surface area (Å²) in [4.78, 5) is 28.9. The second-order valence-electron chi connectivity index (χ2n) is 7.73. The number of hydrogen-bond donors (Lipinski definition) is 1. The van der Waals surface area contributed by atoms with E-state index < -0.39 is 11.9 Å². The molecule has 1 saturated heterocycles. The molecule has 1 amide bonds. The molecule has 1 aliphatic heterocycles. The van der Waals surface area contributed by atoms with Gasteiger partial charge in [0, 0.05) is 31.9 Å². The average molecular weight is 358 g/mol. The van der Waals surface area contributed by atoms with E-state index in [-0.39, 0.29) is 23.7 Å². The van der Waals surface area contributed by atoms with Crippen LogP contribution in [-0.4, -0.2) is 55.2 Å². The molecule has 0 spiro atoms. The van der Waals surface area contributed by atoms with Crippen LogP contribution in [0.3, 0.4) is 0 Å². The van der Waals surface area contributed by atoms with Crippen molar-refractivity contribution in [2.75, 3.05) is 38.2 Å². The fraction of sp³-hybridized carbons (Fsp3) is 0.600. The molecule has 0 radical (unpaired) electrons. The van der Waals surface area contributed by atoms with Crippen molar-refractivity contribution in [2.45, 2.75) is 19.3 Å². The van der Waals surface area contributed by atoms with Crippen molar-refractivity contribution in [3.63, 3.8) is 0 Å². The molecule has 3 aliphatic rings. The summed E-state index contributed by atoms with van der Waals surface area (Å²) in [5.41, 5.74) is 1.13. The maximum atomic E-state index is 13.1. The number of nitrogens with zero attached hydrogens (tertiary/aromatic N) is 2. The quantitative estimate of drug-likeness (QED) is 0.892. The lowest BCUT2D eigenvalue weighted by Gasteiger charge is -2.39. The van der Waals surface area contributed by atoms with Crippen LogP contribution in [0.15, 0.2) is 24.3 Å². The fourth-order valence-electron chi connectivity index (χ4n) is 5.19. The first-order chi connectivity index (χ1) is 12.6. The van der Waals surface area contributed by atoms with Gasteiger partial charge in [-0.15, -0.1) is 0 Å². The van der Waals surface area contributed by atoms with Gasteiger partial charge in [-0.3, -0.25) is 9.59 Å². The molecule has 4 rings (SSSR count). The molecule has 1 N–H and O–H groups in total. The summed E-state index contributed by atoms with van der Waals surface area (Å²) < 4.78 is 5.20. The maximum Gasteiger partial charge on any atom is 0.307 e. The molecule has 2 bridgehead atoms. The van der Waals surface area contributed by atoms with Crippen LogP contribution < -0.4 is 9.64 Å². The number of carboxylic acids is 1. The Bertz CT molecular complexity index is 682. The Balaban J connectivity index is 1.39. The van der Waals surface area contributed by atoms with Crippen LogP contribution >= 0.6 is 0 Å². The van der Waals surface area contributed by atoms with E-state index in [4.69, 9.17) is 4.74 Å². The smallest absolute Gasteiger partial charge is 0.307 e. The van der Waals surface area contributed by atoms with E-state index in [1.54, 1.807) is 7.11 Å². The number of anilines is 1. The second-order valence-corrected chi connectivity index (χ2v) is 7.73. The number of fused-ring (bicyclic) bond motifs is 2. The van der Waals surface area contributed by atoms with Crippen LogP contribution in [0.25, 0.3) is 0 Å². The molecular weight excluding hydrogens is 332 g/mol. The summed E-state index contributed by atoms with van der Waals surface area (Å²) in [5.74, 6) is -0.190. The summed E-state index contributed by atoms with van der Waals surface area (Å²) >= 11 is 0. The van der Waals surface area contributed by atoms with Crippen molar-refractivity contribution in [1.82, 2.24) is 4.90 Å². The molecule has 140 valence electrons. The molecule has 6 heteroatoms. The molecule has 6 nitrogen and oxygen atoms in total. The molecule has 0 aromatic heterocycles. The van der Waals surface area contributed by atoms with Gasteiger partial charge in [0.15, 0.2) is 0 Å². The number of amides is 1. The SMILES string of the molecule is COc1ccc(N2CCN(C(=O)[C@H]3[C@@H]4CC[C@H](C4)[C@@H]3C(=O)O)CC2)cc1. The number of aliphatic carboxylic acids is 1. The van der Waals surface area contributed by atoms with Gasteiger partial charge in [-0.2, -0.15) is 0 Å². The van der Waals surface area contributed by atoms with E-state index in [2.05, 4.69) is 4.90 Å². The number of carbonyl (C=O) groups excluding carboxylic acids is 1. The minimum atomic E-state index is -0.785. The molecule has 1 heterocycles. The van der Waals surface area contributed by atoms with Gasteiger partial charge in [0.25, 0.3) is 0 Å². The molecule has 1 aromatic carbocycles. The van der Waals surface area contributed by atoms with Crippen molar-refractivity contribution in [3.05, 3.63) is 24.3 Å². The number of benzene rings is 1. The van der Waals surface area contributed by atoms with E-state index in [1.807, 2.05) is 29.2 Å². The highest BCUT2D eigenvalue weighted by molar-refractivity contribution is 5.86. The molecule has 2 aliphatic carbocycles. The zero-order valence-electron chi connectivity index (χ0n) is 15.1. The first-order valence-corrected chi connectivity index (χ1v) is 9.49. The van der Waals surface area contributed by atoms with E-state index >= 15 is 0 Å². The Morgan fingerprint density at radius 2 is 1.62 bits per heavy atom. The predicted molar refractivity (Wildman–Crippen MR) is 97.2 cm³/mol. The van der Waals surface area contributed by atoms with Crippen LogP contribution in [-0.2, 0) is 9.59 Å². The standard InChI is InChI=1S/C20H26N2O4/c1-26-16-6-4-15(5-7-16)21-8-10-22(11-9-21)19(23)17-13-2-3-14(12-13)18(17)20(24)25/h4-7,13-14,17-18H,2-3,8-12H2,1H3,(H,24,25)/t13-,14-,17+,18+/m1/s1. The van der Waals surface area contributed by atoms with Gasteiger partial charge < -0.3 is 19.6 Å². The van der Waals surface area contributed by atoms with E-state index in [0.29, 0.717) is 13.1 Å².